The molecule has 0 saturated heterocycles. The normalized spacial score (nSPS) is 12.1. The summed E-state index contributed by atoms with van der Waals surface area (Å²) in [6, 6.07) is 16.9. The maximum absolute atomic E-state index is 13.3. The van der Waals surface area contributed by atoms with Crippen LogP contribution in [0.4, 0.5) is 0 Å². The molecule has 0 spiro atoms. The highest BCUT2D eigenvalue weighted by Crippen LogP contribution is 2.21. The van der Waals surface area contributed by atoms with Crippen LogP contribution < -0.4 is 10.9 Å². The second kappa shape index (κ2) is 9.00. The summed E-state index contributed by atoms with van der Waals surface area (Å²) < 4.78 is 3.00. The summed E-state index contributed by atoms with van der Waals surface area (Å²) in [6.45, 7) is 5.73. The van der Waals surface area contributed by atoms with Gasteiger partial charge in [-0.25, -0.2) is 9.36 Å². The minimum Gasteiger partial charge on any atom is -0.350 e. The van der Waals surface area contributed by atoms with Crippen LogP contribution in [0.3, 0.4) is 0 Å². The molecule has 0 unspecified atom stereocenters. The van der Waals surface area contributed by atoms with Gasteiger partial charge in [0.15, 0.2) is 0 Å². The fourth-order valence-corrected chi connectivity index (χ4v) is 4.06. The number of para-hydroxylation sites is 1. The first-order valence-corrected chi connectivity index (χ1v) is 11.6. The number of hydrogen-bond acceptors (Lipinski definition) is 5. The van der Waals surface area contributed by atoms with E-state index in [1.807, 2.05) is 67.8 Å². The van der Waals surface area contributed by atoms with Gasteiger partial charge in [-0.05, 0) is 56.9 Å². The van der Waals surface area contributed by atoms with Crippen LogP contribution in [0.25, 0.3) is 16.6 Å². The largest absolute Gasteiger partial charge is 0.350 e. The van der Waals surface area contributed by atoms with Crippen molar-refractivity contribution in [2.24, 2.45) is 0 Å². The lowest BCUT2D eigenvalue weighted by Gasteiger charge is -2.15. The van der Waals surface area contributed by atoms with Gasteiger partial charge in [0, 0.05) is 11.4 Å². The third kappa shape index (κ3) is 4.05. The number of hydrogen-bond donors (Lipinski definition) is 1. The van der Waals surface area contributed by atoms with Crippen LogP contribution in [0, 0.1) is 13.8 Å². The van der Waals surface area contributed by atoms with Gasteiger partial charge in [-0.15, -0.1) is 11.8 Å². The fourth-order valence-electron chi connectivity index (χ4n) is 3.65. The molecule has 2 aromatic heterocycles. The Kier molecular flexibility index (Phi) is 6.14. The fraction of sp³-hybridized carbons (Fsp3) is 0.250. The summed E-state index contributed by atoms with van der Waals surface area (Å²) in [4.78, 5) is 27.3. The Morgan fingerprint density at radius 1 is 1.06 bits per heavy atom. The van der Waals surface area contributed by atoms with E-state index in [2.05, 4.69) is 15.5 Å². The van der Waals surface area contributed by atoms with Crippen molar-refractivity contribution in [3.05, 3.63) is 81.9 Å². The summed E-state index contributed by atoms with van der Waals surface area (Å²) in [5.74, 6) is -0.264. The summed E-state index contributed by atoms with van der Waals surface area (Å²) in [6.07, 6.45) is 2.02. The first kappa shape index (κ1) is 21.8. The van der Waals surface area contributed by atoms with E-state index in [0.717, 1.165) is 16.9 Å². The van der Waals surface area contributed by atoms with Crippen molar-refractivity contribution in [2.75, 3.05) is 6.26 Å². The summed E-state index contributed by atoms with van der Waals surface area (Å²) in [5.41, 5.74) is 3.41. The lowest BCUT2D eigenvalue weighted by Crippen LogP contribution is -2.37. The lowest BCUT2D eigenvalue weighted by molar-refractivity contribution is -0.124. The Labute approximate surface area is 190 Å². The zero-order chi connectivity index (χ0) is 22.8. The summed E-state index contributed by atoms with van der Waals surface area (Å²) >= 11 is 1.67. The molecule has 1 amide bonds. The van der Waals surface area contributed by atoms with E-state index in [4.69, 9.17) is 0 Å². The van der Waals surface area contributed by atoms with E-state index < -0.39 is 6.04 Å². The molecular weight excluding hydrogens is 422 g/mol. The molecule has 7 nitrogen and oxygen atoms in total. The van der Waals surface area contributed by atoms with Crippen molar-refractivity contribution < 1.29 is 4.79 Å². The minimum atomic E-state index is -0.754. The average Bonchev–Trinajstić information content (AvgIpc) is 3.18. The number of carbonyl (C=O) groups excluding carboxylic acids is 1. The molecule has 0 bridgehead atoms. The molecule has 164 valence electrons. The van der Waals surface area contributed by atoms with Crippen LogP contribution in [0.2, 0.25) is 0 Å². The van der Waals surface area contributed by atoms with Crippen LogP contribution >= 0.6 is 11.8 Å². The molecule has 1 atom stereocenters. The standard InChI is InChI=1S/C24H25N5O2S/c1-15-22-21(16(2)28(27-22)19-8-6-5-7-9-19)24(31)29(26-15)17(3)23(30)25-14-18-10-12-20(32-4)13-11-18/h5-13,17H,14H2,1-4H3,(H,25,30)/t17-/m1/s1. The quantitative estimate of drug-likeness (QED) is 0.455. The van der Waals surface area contributed by atoms with Crippen LogP contribution in [0.5, 0.6) is 0 Å². The molecule has 0 aliphatic rings. The second-order valence-electron chi connectivity index (χ2n) is 7.63. The van der Waals surface area contributed by atoms with E-state index in [1.54, 1.807) is 30.3 Å². The number of thioether (sulfide) groups is 1. The molecule has 32 heavy (non-hydrogen) atoms. The van der Waals surface area contributed by atoms with Gasteiger partial charge in [-0.2, -0.15) is 10.2 Å². The number of nitrogens with zero attached hydrogens (tertiary/aromatic N) is 4. The maximum Gasteiger partial charge on any atom is 0.278 e. The molecule has 8 heteroatoms. The number of rotatable bonds is 6. The van der Waals surface area contributed by atoms with Gasteiger partial charge in [0.25, 0.3) is 5.56 Å². The molecule has 2 aromatic carbocycles. The number of benzene rings is 2. The minimum absolute atomic E-state index is 0.264. The van der Waals surface area contributed by atoms with E-state index >= 15 is 0 Å². The lowest BCUT2D eigenvalue weighted by atomic mass is 10.2. The van der Waals surface area contributed by atoms with Crippen LogP contribution in [-0.4, -0.2) is 31.7 Å². The number of carbonyl (C=O) groups is 1. The average molecular weight is 448 g/mol. The monoisotopic (exact) mass is 447 g/mol. The predicted octanol–water partition coefficient (Wildman–Crippen LogP) is 3.80. The molecule has 0 saturated carbocycles. The highest BCUT2D eigenvalue weighted by molar-refractivity contribution is 7.98. The number of amides is 1. The van der Waals surface area contributed by atoms with Crippen molar-refractivity contribution in [3.63, 3.8) is 0 Å². The molecule has 4 aromatic rings. The van der Waals surface area contributed by atoms with Crippen LogP contribution in [-0.2, 0) is 11.3 Å². The summed E-state index contributed by atoms with van der Waals surface area (Å²) in [5, 5.41) is 12.4. The molecule has 0 fully saturated rings. The van der Waals surface area contributed by atoms with Gasteiger partial charge in [-0.3, -0.25) is 9.59 Å². The van der Waals surface area contributed by atoms with Crippen molar-refractivity contribution in [1.29, 1.82) is 0 Å². The first-order chi connectivity index (χ1) is 15.4. The SMILES string of the molecule is CSc1ccc(CNC(=O)[C@@H](C)n2nc(C)c3nn(-c4ccccc4)c(C)c3c2=O)cc1. The Morgan fingerprint density at radius 2 is 1.75 bits per heavy atom. The topological polar surface area (TPSA) is 81.8 Å². The Hall–Kier alpha value is -3.39. The number of aromatic nitrogens is 4. The molecule has 2 heterocycles. The Morgan fingerprint density at radius 3 is 2.41 bits per heavy atom. The second-order valence-corrected chi connectivity index (χ2v) is 8.51. The van der Waals surface area contributed by atoms with Crippen molar-refractivity contribution in [2.45, 2.75) is 38.3 Å². The van der Waals surface area contributed by atoms with Gasteiger partial charge < -0.3 is 5.32 Å². The van der Waals surface area contributed by atoms with Crippen LogP contribution in [0.1, 0.15) is 29.9 Å². The zero-order valence-electron chi connectivity index (χ0n) is 18.5. The first-order valence-electron chi connectivity index (χ1n) is 10.4. The molecule has 4 rings (SSSR count). The molecule has 0 aliphatic carbocycles. The number of fused-ring (bicyclic) bond motifs is 1. The van der Waals surface area contributed by atoms with Gasteiger partial charge in [0.2, 0.25) is 5.91 Å². The zero-order valence-corrected chi connectivity index (χ0v) is 19.3. The third-order valence-electron chi connectivity index (χ3n) is 5.51. The van der Waals surface area contributed by atoms with Crippen LogP contribution in [0.15, 0.2) is 64.3 Å². The van der Waals surface area contributed by atoms with Gasteiger partial charge in [0.05, 0.1) is 22.5 Å². The molecular formula is C24H25N5O2S. The highest BCUT2D eigenvalue weighted by atomic mass is 32.2. The van der Waals surface area contributed by atoms with Gasteiger partial charge in [0.1, 0.15) is 11.6 Å². The van der Waals surface area contributed by atoms with Crippen molar-refractivity contribution >= 4 is 28.6 Å². The Bertz CT molecular complexity index is 1330. The molecule has 0 aliphatic heterocycles. The van der Waals surface area contributed by atoms with Crippen molar-refractivity contribution in [3.8, 4) is 5.69 Å². The number of nitrogens with one attached hydrogen (secondary N) is 1. The van der Waals surface area contributed by atoms with E-state index in [-0.39, 0.29) is 11.5 Å². The maximum atomic E-state index is 13.3. The third-order valence-corrected chi connectivity index (χ3v) is 6.26. The molecule has 0 radical (unpaired) electrons. The van der Waals surface area contributed by atoms with E-state index in [9.17, 15) is 9.59 Å². The van der Waals surface area contributed by atoms with E-state index in [0.29, 0.717) is 23.1 Å². The number of aryl methyl sites for hydroxylation is 2. The predicted molar refractivity (Wildman–Crippen MR) is 127 cm³/mol. The van der Waals surface area contributed by atoms with Crippen molar-refractivity contribution in [1.82, 2.24) is 24.9 Å². The highest BCUT2D eigenvalue weighted by Gasteiger charge is 2.23. The van der Waals surface area contributed by atoms with Gasteiger partial charge >= 0.3 is 0 Å². The molecule has 1 N–H and O–H groups in total. The van der Waals surface area contributed by atoms with Gasteiger partial charge in [-0.1, -0.05) is 30.3 Å². The smallest absolute Gasteiger partial charge is 0.278 e. The summed E-state index contributed by atoms with van der Waals surface area (Å²) in [7, 11) is 0. The van der Waals surface area contributed by atoms with E-state index in [1.165, 1.54) is 9.58 Å². The Balaban J connectivity index is 1.63.